The van der Waals surface area contributed by atoms with Crippen LogP contribution in [0, 0.1) is 0 Å². The third kappa shape index (κ3) is 2.01. The minimum Gasteiger partial charge on any atom is -0.464 e. The number of rotatable bonds is 2. The molecule has 1 rings (SSSR count). The first-order valence-electron chi connectivity index (χ1n) is 4.33. The normalized spacial score (nSPS) is 26.4. The van der Waals surface area contributed by atoms with Crippen molar-refractivity contribution in [3.8, 4) is 0 Å². The van der Waals surface area contributed by atoms with Gasteiger partial charge in [0, 0.05) is 0 Å². The molecule has 0 unspecified atom stereocenters. The van der Waals surface area contributed by atoms with E-state index in [1.807, 2.05) is 0 Å². The third-order valence-corrected chi connectivity index (χ3v) is 1.82. The van der Waals surface area contributed by atoms with E-state index in [2.05, 4.69) is 15.4 Å². The molecule has 1 aliphatic rings. The molecule has 78 valence electrons. The highest BCUT2D eigenvalue weighted by atomic mass is 16.5. The van der Waals surface area contributed by atoms with Crippen molar-refractivity contribution in [2.75, 3.05) is 6.61 Å². The summed E-state index contributed by atoms with van der Waals surface area (Å²) in [5, 5.41) is 4.64. The van der Waals surface area contributed by atoms with E-state index in [0.717, 1.165) is 0 Å². The van der Waals surface area contributed by atoms with Gasteiger partial charge >= 0.3 is 5.97 Å². The summed E-state index contributed by atoms with van der Waals surface area (Å²) in [6.07, 6.45) is 0. The number of hydrogen-bond donors (Lipinski definition) is 2. The predicted octanol–water partition coefficient (Wildman–Crippen LogP) is -1.45. The molecule has 2 N–H and O–H groups in total. The van der Waals surface area contributed by atoms with Gasteiger partial charge in [-0.15, -0.1) is 0 Å². The lowest BCUT2D eigenvalue weighted by Gasteiger charge is -2.25. The first-order valence-corrected chi connectivity index (χ1v) is 4.33. The lowest BCUT2D eigenvalue weighted by atomic mass is 10.1. The van der Waals surface area contributed by atoms with E-state index in [9.17, 15) is 14.4 Å². The Hall–Kier alpha value is -1.59. The molecule has 1 fully saturated rings. The van der Waals surface area contributed by atoms with Crippen LogP contribution < -0.4 is 10.6 Å². The van der Waals surface area contributed by atoms with Crippen LogP contribution in [0.5, 0.6) is 0 Å². The van der Waals surface area contributed by atoms with Crippen LogP contribution in [0.15, 0.2) is 0 Å². The molecular weight excluding hydrogens is 188 g/mol. The highest BCUT2D eigenvalue weighted by molar-refractivity contribution is 6.09. The van der Waals surface area contributed by atoms with Crippen molar-refractivity contribution in [2.24, 2.45) is 0 Å². The fourth-order valence-corrected chi connectivity index (χ4v) is 1.09. The van der Waals surface area contributed by atoms with E-state index < -0.39 is 24.0 Å². The molecule has 0 aliphatic carbocycles. The summed E-state index contributed by atoms with van der Waals surface area (Å²) >= 11 is 0. The van der Waals surface area contributed by atoms with Crippen LogP contribution in [0.3, 0.4) is 0 Å². The first kappa shape index (κ1) is 10.5. The summed E-state index contributed by atoms with van der Waals surface area (Å²) in [4.78, 5) is 33.5. The molecule has 1 saturated heterocycles. The predicted molar refractivity (Wildman–Crippen MR) is 46.2 cm³/mol. The van der Waals surface area contributed by atoms with Crippen molar-refractivity contribution in [1.82, 2.24) is 10.6 Å². The van der Waals surface area contributed by atoms with E-state index in [4.69, 9.17) is 0 Å². The molecule has 0 aromatic carbocycles. The molecule has 6 nitrogen and oxygen atoms in total. The molecule has 0 spiro atoms. The maximum Gasteiger partial charge on any atom is 0.338 e. The second-order valence-electron chi connectivity index (χ2n) is 2.92. The summed E-state index contributed by atoms with van der Waals surface area (Å²) in [6, 6.07) is -1.81. The Bertz CT molecular complexity index is 269. The maximum atomic E-state index is 11.2. The van der Waals surface area contributed by atoms with Gasteiger partial charge in [-0.25, -0.2) is 4.79 Å². The molecule has 0 aromatic rings. The van der Waals surface area contributed by atoms with Gasteiger partial charge in [0.2, 0.25) is 11.9 Å². The van der Waals surface area contributed by atoms with Crippen molar-refractivity contribution in [3.63, 3.8) is 0 Å². The van der Waals surface area contributed by atoms with E-state index in [1.165, 1.54) is 6.92 Å². The van der Waals surface area contributed by atoms with Crippen LogP contribution >= 0.6 is 0 Å². The Morgan fingerprint density at radius 3 is 2.57 bits per heavy atom. The molecular formula is C8H12N2O4. The smallest absolute Gasteiger partial charge is 0.338 e. The number of ether oxygens (including phenoxy) is 1. The van der Waals surface area contributed by atoms with E-state index >= 15 is 0 Å². The fraction of sp³-hybridized carbons (Fsp3) is 0.625. The average molecular weight is 200 g/mol. The van der Waals surface area contributed by atoms with Crippen LogP contribution in [-0.4, -0.2) is 36.5 Å². The van der Waals surface area contributed by atoms with Gasteiger partial charge < -0.3 is 15.4 Å². The number of carbonyl (C=O) groups excluding carboxylic acids is 3. The zero-order valence-corrected chi connectivity index (χ0v) is 7.99. The Morgan fingerprint density at radius 2 is 2.00 bits per heavy atom. The number of esters is 1. The van der Waals surface area contributed by atoms with Crippen LogP contribution in [0.4, 0.5) is 0 Å². The van der Waals surface area contributed by atoms with Crippen LogP contribution in [0.1, 0.15) is 13.8 Å². The first-order chi connectivity index (χ1) is 6.56. The Kier molecular flexibility index (Phi) is 3.06. The number of hydrogen-bond acceptors (Lipinski definition) is 4. The number of amides is 2. The SMILES string of the molecule is CCOC(=O)[C@H]1NC(=O)[C@H](C)NC1=O. The van der Waals surface area contributed by atoms with Crippen molar-refractivity contribution in [3.05, 3.63) is 0 Å². The summed E-state index contributed by atoms with van der Waals surface area (Å²) in [5.41, 5.74) is 0. The highest BCUT2D eigenvalue weighted by Gasteiger charge is 2.36. The Balaban J connectivity index is 2.66. The molecule has 0 saturated carbocycles. The standard InChI is InChI=1S/C8H12N2O4/c1-3-14-8(13)5-7(12)9-4(2)6(11)10-5/h4-5H,3H2,1-2H3,(H,9,12)(H,10,11)/t4-,5-/m0/s1. The molecule has 6 heteroatoms. The average Bonchev–Trinajstić information content (AvgIpc) is 2.11. The topological polar surface area (TPSA) is 84.5 Å². The van der Waals surface area contributed by atoms with Crippen LogP contribution in [-0.2, 0) is 19.1 Å². The second kappa shape index (κ2) is 4.08. The molecule has 14 heavy (non-hydrogen) atoms. The van der Waals surface area contributed by atoms with E-state index in [1.54, 1.807) is 6.92 Å². The van der Waals surface area contributed by atoms with Crippen LogP contribution in [0.2, 0.25) is 0 Å². The maximum absolute atomic E-state index is 11.2. The lowest BCUT2D eigenvalue weighted by Crippen LogP contribution is -2.63. The van der Waals surface area contributed by atoms with Gasteiger partial charge in [0.05, 0.1) is 6.61 Å². The summed E-state index contributed by atoms with van der Waals surface area (Å²) in [5.74, 6) is -1.65. The van der Waals surface area contributed by atoms with Gasteiger partial charge in [0.1, 0.15) is 6.04 Å². The molecule has 2 amide bonds. The van der Waals surface area contributed by atoms with Crippen molar-refractivity contribution < 1.29 is 19.1 Å². The Labute approximate surface area is 81.0 Å². The van der Waals surface area contributed by atoms with Gasteiger partial charge in [-0.2, -0.15) is 0 Å². The van der Waals surface area contributed by atoms with Gasteiger partial charge in [0.15, 0.2) is 0 Å². The minimum absolute atomic E-state index is 0.175. The summed E-state index contributed by atoms with van der Waals surface area (Å²) < 4.78 is 4.62. The second-order valence-corrected chi connectivity index (χ2v) is 2.92. The number of nitrogens with one attached hydrogen (secondary N) is 2. The highest BCUT2D eigenvalue weighted by Crippen LogP contribution is 1.98. The van der Waals surface area contributed by atoms with Crippen molar-refractivity contribution in [1.29, 1.82) is 0 Å². The number of carbonyl (C=O) groups is 3. The van der Waals surface area contributed by atoms with E-state index in [-0.39, 0.29) is 12.5 Å². The van der Waals surface area contributed by atoms with Crippen molar-refractivity contribution in [2.45, 2.75) is 25.9 Å². The monoisotopic (exact) mass is 200 g/mol. The largest absolute Gasteiger partial charge is 0.464 e. The van der Waals surface area contributed by atoms with Gasteiger partial charge in [-0.3, -0.25) is 9.59 Å². The third-order valence-electron chi connectivity index (χ3n) is 1.82. The zero-order chi connectivity index (χ0) is 10.7. The number of piperazine rings is 1. The van der Waals surface area contributed by atoms with Crippen molar-refractivity contribution >= 4 is 17.8 Å². The minimum atomic E-state index is -1.21. The lowest BCUT2D eigenvalue weighted by molar-refractivity contribution is -0.153. The molecule has 2 atom stereocenters. The fourth-order valence-electron chi connectivity index (χ4n) is 1.09. The Morgan fingerprint density at radius 1 is 1.36 bits per heavy atom. The quantitative estimate of drug-likeness (QED) is 0.422. The zero-order valence-electron chi connectivity index (χ0n) is 7.99. The van der Waals surface area contributed by atoms with Crippen LogP contribution in [0.25, 0.3) is 0 Å². The van der Waals surface area contributed by atoms with Gasteiger partial charge in [0.25, 0.3) is 5.91 Å². The molecule has 0 bridgehead atoms. The van der Waals surface area contributed by atoms with Gasteiger partial charge in [-0.1, -0.05) is 0 Å². The molecule has 0 radical (unpaired) electrons. The van der Waals surface area contributed by atoms with E-state index in [0.29, 0.717) is 0 Å². The summed E-state index contributed by atoms with van der Waals surface area (Å²) in [6.45, 7) is 3.34. The summed E-state index contributed by atoms with van der Waals surface area (Å²) in [7, 11) is 0. The van der Waals surface area contributed by atoms with Gasteiger partial charge in [-0.05, 0) is 13.8 Å². The molecule has 0 aromatic heterocycles. The molecule has 1 heterocycles. The molecule has 1 aliphatic heterocycles.